The van der Waals surface area contributed by atoms with Gasteiger partial charge in [0.1, 0.15) is 17.2 Å². The van der Waals surface area contributed by atoms with E-state index in [9.17, 15) is 5.11 Å². The Morgan fingerprint density at radius 2 is 1.63 bits per heavy atom. The lowest BCUT2D eigenvalue weighted by molar-refractivity contribution is 0.249. The molecule has 35 heavy (non-hydrogen) atoms. The summed E-state index contributed by atoms with van der Waals surface area (Å²) in [5.41, 5.74) is 0.348. The molecule has 0 radical (unpaired) electrons. The molecule has 0 saturated carbocycles. The predicted octanol–water partition coefficient (Wildman–Crippen LogP) is 10.4. The van der Waals surface area contributed by atoms with E-state index in [0.29, 0.717) is 11.3 Å². The summed E-state index contributed by atoms with van der Waals surface area (Å²) in [6.07, 6.45) is 10.6. The van der Waals surface area contributed by atoms with Crippen molar-refractivity contribution < 1.29 is 9.84 Å². The van der Waals surface area contributed by atoms with Gasteiger partial charge >= 0.3 is 0 Å². The van der Waals surface area contributed by atoms with E-state index in [1.54, 1.807) is 17.8 Å². The zero-order valence-corrected chi connectivity index (χ0v) is 22.9. The van der Waals surface area contributed by atoms with Crippen LogP contribution in [-0.4, -0.2) is 5.11 Å². The number of aromatic hydroxyl groups is 1. The molecule has 0 aromatic heterocycles. The standard InChI is InChI=1S/C27H28O2S.C5H12/c1-4-27(2,3)19-11-15-21(16-12-19)30-22-17-13-20(14-18-22)29-26-10-6-7-23-24(26)8-5-9-25(23)28;1-4-5(2)3/h5-11,13-19,28H,4,12H2,1-3H3;5H,4H2,1-3H3. The fraction of sp³-hybridized carbons (Fsp3) is 0.375. The number of fused-ring (bicyclic) bond motifs is 1. The average molecular weight is 489 g/mol. The van der Waals surface area contributed by atoms with Gasteiger partial charge in [-0.2, -0.15) is 0 Å². The average Bonchev–Trinajstić information content (AvgIpc) is 2.86. The fourth-order valence-corrected chi connectivity index (χ4v) is 4.58. The van der Waals surface area contributed by atoms with Gasteiger partial charge in [-0.15, -0.1) is 0 Å². The highest BCUT2D eigenvalue weighted by Gasteiger charge is 2.26. The van der Waals surface area contributed by atoms with Crippen LogP contribution >= 0.6 is 11.8 Å². The van der Waals surface area contributed by atoms with E-state index < -0.39 is 0 Å². The molecule has 1 aliphatic carbocycles. The van der Waals surface area contributed by atoms with Gasteiger partial charge in [0.25, 0.3) is 0 Å². The minimum absolute atomic E-state index is 0.267. The van der Waals surface area contributed by atoms with Gasteiger partial charge in [0, 0.05) is 20.6 Å². The van der Waals surface area contributed by atoms with Gasteiger partial charge in [-0.1, -0.05) is 109 Å². The third-order valence-electron chi connectivity index (χ3n) is 6.94. The summed E-state index contributed by atoms with van der Waals surface area (Å²) in [4.78, 5) is 2.50. The first-order valence-electron chi connectivity index (χ1n) is 12.8. The highest BCUT2D eigenvalue weighted by Crippen LogP contribution is 2.40. The largest absolute Gasteiger partial charge is 0.507 e. The van der Waals surface area contributed by atoms with Crippen LogP contribution in [0.4, 0.5) is 0 Å². The lowest BCUT2D eigenvalue weighted by atomic mass is 9.74. The summed E-state index contributed by atoms with van der Waals surface area (Å²) in [6, 6.07) is 19.4. The fourth-order valence-electron chi connectivity index (χ4n) is 3.71. The van der Waals surface area contributed by atoms with Crippen molar-refractivity contribution in [3.63, 3.8) is 0 Å². The molecule has 4 rings (SSSR count). The van der Waals surface area contributed by atoms with E-state index in [0.717, 1.165) is 34.6 Å². The van der Waals surface area contributed by atoms with Crippen molar-refractivity contribution >= 4 is 22.5 Å². The van der Waals surface area contributed by atoms with E-state index in [-0.39, 0.29) is 5.75 Å². The third-order valence-corrected chi connectivity index (χ3v) is 7.99. The molecule has 1 aliphatic rings. The van der Waals surface area contributed by atoms with Crippen LogP contribution in [0.5, 0.6) is 17.2 Å². The Hall–Kier alpha value is -2.65. The van der Waals surface area contributed by atoms with E-state index in [4.69, 9.17) is 4.74 Å². The number of ether oxygens (including phenoxy) is 1. The van der Waals surface area contributed by atoms with Crippen molar-refractivity contribution in [3.05, 3.63) is 83.8 Å². The Kier molecular flexibility index (Phi) is 9.51. The molecule has 186 valence electrons. The van der Waals surface area contributed by atoms with Crippen molar-refractivity contribution in [1.82, 2.24) is 0 Å². The maximum absolute atomic E-state index is 10.1. The predicted molar refractivity (Wildman–Crippen MR) is 153 cm³/mol. The number of hydrogen-bond acceptors (Lipinski definition) is 3. The van der Waals surface area contributed by atoms with Gasteiger partial charge in [-0.05, 0) is 60.1 Å². The molecular weight excluding hydrogens is 448 g/mol. The van der Waals surface area contributed by atoms with Crippen molar-refractivity contribution in [2.75, 3.05) is 0 Å². The topological polar surface area (TPSA) is 29.5 Å². The number of phenolic OH excluding ortho intramolecular Hbond substituents is 1. The molecule has 0 amide bonds. The van der Waals surface area contributed by atoms with Crippen LogP contribution in [-0.2, 0) is 0 Å². The van der Waals surface area contributed by atoms with Crippen molar-refractivity contribution in [3.8, 4) is 17.2 Å². The number of benzene rings is 3. The van der Waals surface area contributed by atoms with Crippen molar-refractivity contribution in [1.29, 1.82) is 0 Å². The molecule has 3 heteroatoms. The van der Waals surface area contributed by atoms with Crippen LogP contribution in [0.2, 0.25) is 0 Å². The van der Waals surface area contributed by atoms with Gasteiger partial charge in [0.05, 0.1) is 0 Å². The van der Waals surface area contributed by atoms with Crippen LogP contribution in [0.15, 0.2) is 88.7 Å². The minimum atomic E-state index is 0.267. The van der Waals surface area contributed by atoms with Crippen LogP contribution in [0, 0.1) is 17.3 Å². The highest BCUT2D eigenvalue weighted by molar-refractivity contribution is 8.03. The van der Waals surface area contributed by atoms with E-state index in [2.05, 4.69) is 71.9 Å². The maximum Gasteiger partial charge on any atom is 0.135 e. The minimum Gasteiger partial charge on any atom is -0.507 e. The first-order chi connectivity index (χ1) is 16.7. The first kappa shape index (κ1) is 26.9. The Balaban J connectivity index is 0.000000623. The molecule has 0 saturated heterocycles. The van der Waals surface area contributed by atoms with E-state index in [1.807, 2.05) is 42.5 Å². The normalized spacial score (nSPS) is 15.5. The molecule has 3 aromatic rings. The monoisotopic (exact) mass is 488 g/mol. The lowest BCUT2D eigenvalue weighted by Crippen LogP contribution is -2.22. The molecular formula is C32H40O2S. The van der Waals surface area contributed by atoms with Gasteiger partial charge in [-0.25, -0.2) is 0 Å². The summed E-state index contributed by atoms with van der Waals surface area (Å²) in [7, 11) is 0. The molecule has 0 bridgehead atoms. The smallest absolute Gasteiger partial charge is 0.135 e. The SMILES string of the molecule is CCC(C)(C)C1C=CC(Sc2ccc(Oc3cccc4c(O)cccc34)cc2)=CC1.CCC(C)C. The lowest BCUT2D eigenvalue weighted by Gasteiger charge is -2.32. The molecule has 1 N–H and O–H groups in total. The number of rotatable bonds is 7. The third kappa shape index (κ3) is 7.41. The first-order valence-corrected chi connectivity index (χ1v) is 13.6. The molecule has 0 heterocycles. The number of phenols is 1. The molecule has 0 aliphatic heterocycles. The van der Waals surface area contributed by atoms with Crippen LogP contribution < -0.4 is 4.74 Å². The molecule has 1 unspecified atom stereocenters. The Morgan fingerprint density at radius 1 is 0.971 bits per heavy atom. The molecule has 0 spiro atoms. The number of hydrogen-bond donors (Lipinski definition) is 1. The summed E-state index contributed by atoms with van der Waals surface area (Å²) in [5, 5.41) is 11.8. The van der Waals surface area contributed by atoms with Gasteiger partial charge < -0.3 is 9.84 Å². The second kappa shape index (κ2) is 12.4. The second-order valence-corrected chi connectivity index (χ2v) is 11.4. The summed E-state index contributed by atoms with van der Waals surface area (Å²) in [6.45, 7) is 13.6. The zero-order chi connectivity index (χ0) is 25.4. The summed E-state index contributed by atoms with van der Waals surface area (Å²) >= 11 is 1.79. The van der Waals surface area contributed by atoms with Crippen LogP contribution in [0.3, 0.4) is 0 Å². The van der Waals surface area contributed by atoms with Gasteiger partial charge in [0.2, 0.25) is 0 Å². The zero-order valence-electron chi connectivity index (χ0n) is 22.0. The van der Waals surface area contributed by atoms with Crippen molar-refractivity contribution in [2.24, 2.45) is 17.3 Å². The number of thioether (sulfide) groups is 1. The van der Waals surface area contributed by atoms with E-state index in [1.165, 1.54) is 22.6 Å². The Morgan fingerprint density at radius 3 is 2.23 bits per heavy atom. The second-order valence-electron chi connectivity index (χ2n) is 10.3. The molecule has 2 nitrogen and oxygen atoms in total. The van der Waals surface area contributed by atoms with Gasteiger partial charge in [0.15, 0.2) is 0 Å². The Bertz CT molecular complexity index is 1160. The number of allylic oxidation sites excluding steroid dienone is 3. The Labute approximate surface area is 216 Å². The molecule has 1 atom stereocenters. The quantitative estimate of drug-likeness (QED) is 0.358. The molecule has 3 aromatic carbocycles. The summed E-state index contributed by atoms with van der Waals surface area (Å²) in [5.74, 6) is 3.29. The highest BCUT2D eigenvalue weighted by atomic mass is 32.2. The van der Waals surface area contributed by atoms with Gasteiger partial charge in [-0.3, -0.25) is 0 Å². The maximum atomic E-state index is 10.1. The van der Waals surface area contributed by atoms with Crippen LogP contribution in [0.1, 0.15) is 60.8 Å². The summed E-state index contributed by atoms with van der Waals surface area (Å²) < 4.78 is 6.11. The molecule has 0 fully saturated rings. The van der Waals surface area contributed by atoms with Crippen LogP contribution in [0.25, 0.3) is 10.8 Å². The van der Waals surface area contributed by atoms with E-state index >= 15 is 0 Å². The van der Waals surface area contributed by atoms with Crippen molar-refractivity contribution in [2.45, 2.75) is 65.7 Å².